The van der Waals surface area contributed by atoms with Crippen LogP contribution in [0.3, 0.4) is 0 Å². The summed E-state index contributed by atoms with van der Waals surface area (Å²) in [7, 11) is 0. The van der Waals surface area contributed by atoms with E-state index in [1.54, 1.807) is 18.2 Å². The zero-order chi connectivity index (χ0) is 22.5. The molecule has 0 bridgehead atoms. The fourth-order valence-corrected chi connectivity index (χ4v) is 4.07. The standard InChI is InChI=1S/C24H24FN5O2/c1-14-27-21(20-22(28-14)30-23(29-20)32-13-24(30,2)3)26-10-9-15-7-8-19(31)18(11-15)16-5-4-6-17(25)12-16/h4-8,11-12,31H,9-10,13H2,1-3H3,(H,26,27,28). The first-order chi connectivity index (χ1) is 15.3. The molecule has 7 nitrogen and oxygen atoms in total. The van der Waals surface area contributed by atoms with Crippen molar-refractivity contribution in [2.24, 2.45) is 0 Å². The van der Waals surface area contributed by atoms with E-state index in [0.717, 1.165) is 11.2 Å². The number of nitrogens with zero attached hydrogens (tertiary/aromatic N) is 4. The van der Waals surface area contributed by atoms with Crippen LogP contribution in [0.5, 0.6) is 11.8 Å². The molecule has 3 heterocycles. The molecule has 8 heteroatoms. The van der Waals surface area contributed by atoms with Crippen molar-refractivity contribution < 1.29 is 14.2 Å². The summed E-state index contributed by atoms with van der Waals surface area (Å²) in [6.45, 7) is 7.21. The van der Waals surface area contributed by atoms with Crippen LogP contribution in [0, 0.1) is 12.7 Å². The highest BCUT2D eigenvalue weighted by molar-refractivity contribution is 5.84. The van der Waals surface area contributed by atoms with E-state index in [2.05, 4.69) is 34.1 Å². The van der Waals surface area contributed by atoms with Crippen molar-refractivity contribution in [3.8, 4) is 22.9 Å². The smallest absolute Gasteiger partial charge is 0.299 e. The molecule has 1 aliphatic rings. The Kier molecular flexibility index (Phi) is 4.73. The number of imidazole rings is 1. The highest BCUT2D eigenvalue weighted by Crippen LogP contribution is 2.36. The molecule has 2 aromatic carbocycles. The van der Waals surface area contributed by atoms with E-state index in [9.17, 15) is 9.50 Å². The lowest BCUT2D eigenvalue weighted by atomic mass is 10.0. The van der Waals surface area contributed by atoms with Gasteiger partial charge in [-0.2, -0.15) is 4.98 Å². The minimum Gasteiger partial charge on any atom is -0.507 e. The molecular weight excluding hydrogens is 409 g/mol. The van der Waals surface area contributed by atoms with Gasteiger partial charge in [0.15, 0.2) is 17.0 Å². The molecule has 0 aliphatic carbocycles. The quantitative estimate of drug-likeness (QED) is 0.484. The summed E-state index contributed by atoms with van der Waals surface area (Å²) in [5.74, 6) is 1.10. The lowest BCUT2D eigenvalue weighted by molar-refractivity contribution is 0.268. The van der Waals surface area contributed by atoms with Crippen molar-refractivity contribution in [1.82, 2.24) is 19.5 Å². The van der Waals surface area contributed by atoms with Gasteiger partial charge in [0.25, 0.3) is 6.01 Å². The molecule has 0 radical (unpaired) electrons. The number of anilines is 1. The summed E-state index contributed by atoms with van der Waals surface area (Å²) < 4.78 is 21.4. The van der Waals surface area contributed by atoms with Crippen LogP contribution in [0.2, 0.25) is 0 Å². The zero-order valence-corrected chi connectivity index (χ0v) is 18.2. The molecule has 0 fully saturated rings. The number of rotatable bonds is 5. The molecule has 0 amide bonds. The first-order valence-electron chi connectivity index (χ1n) is 10.5. The third kappa shape index (κ3) is 3.51. The molecule has 0 saturated carbocycles. The molecular formula is C24H24FN5O2. The van der Waals surface area contributed by atoms with Crippen molar-refractivity contribution >= 4 is 17.0 Å². The Bertz CT molecular complexity index is 1330. The van der Waals surface area contributed by atoms with Crippen LogP contribution in [0.4, 0.5) is 10.2 Å². The fourth-order valence-electron chi connectivity index (χ4n) is 4.07. The van der Waals surface area contributed by atoms with Crippen LogP contribution >= 0.6 is 0 Å². The van der Waals surface area contributed by atoms with Crippen molar-refractivity contribution in [2.75, 3.05) is 18.5 Å². The summed E-state index contributed by atoms with van der Waals surface area (Å²) in [5.41, 5.74) is 3.47. The molecule has 32 heavy (non-hydrogen) atoms. The maximum Gasteiger partial charge on any atom is 0.299 e. The third-order valence-electron chi connectivity index (χ3n) is 5.65. The molecule has 2 N–H and O–H groups in total. The minimum atomic E-state index is -0.337. The average molecular weight is 433 g/mol. The lowest BCUT2D eigenvalue weighted by Crippen LogP contribution is -2.26. The van der Waals surface area contributed by atoms with Gasteiger partial charge < -0.3 is 15.2 Å². The van der Waals surface area contributed by atoms with Crippen molar-refractivity contribution in [3.05, 3.63) is 59.7 Å². The van der Waals surface area contributed by atoms with E-state index >= 15 is 0 Å². The van der Waals surface area contributed by atoms with E-state index in [0.29, 0.717) is 53.9 Å². The number of aromatic nitrogens is 4. The number of fused-ring (bicyclic) bond motifs is 3. The average Bonchev–Trinajstić information content (AvgIpc) is 3.26. The van der Waals surface area contributed by atoms with Crippen LogP contribution in [-0.2, 0) is 12.0 Å². The second-order valence-corrected chi connectivity index (χ2v) is 8.66. The van der Waals surface area contributed by atoms with Gasteiger partial charge in [0, 0.05) is 12.1 Å². The van der Waals surface area contributed by atoms with Crippen molar-refractivity contribution in [3.63, 3.8) is 0 Å². The Hall–Kier alpha value is -3.68. The summed E-state index contributed by atoms with van der Waals surface area (Å²) in [5, 5.41) is 13.6. The third-order valence-corrected chi connectivity index (χ3v) is 5.65. The number of phenols is 1. The number of aryl methyl sites for hydroxylation is 1. The number of benzene rings is 2. The summed E-state index contributed by atoms with van der Waals surface area (Å²) in [4.78, 5) is 13.8. The summed E-state index contributed by atoms with van der Waals surface area (Å²) in [6.07, 6.45) is 0.683. The monoisotopic (exact) mass is 433 g/mol. The highest BCUT2D eigenvalue weighted by atomic mass is 19.1. The molecule has 5 rings (SSSR count). The maximum absolute atomic E-state index is 13.6. The largest absolute Gasteiger partial charge is 0.507 e. The molecule has 1 aliphatic heterocycles. The van der Waals surface area contributed by atoms with Gasteiger partial charge in [0.05, 0.1) is 5.54 Å². The summed E-state index contributed by atoms with van der Waals surface area (Å²) in [6, 6.07) is 12.2. The van der Waals surface area contributed by atoms with Gasteiger partial charge in [-0.15, -0.1) is 0 Å². The number of aromatic hydroxyl groups is 1. The van der Waals surface area contributed by atoms with Crippen LogP contribution in [0.15, 0.2) is 42.5 Å². The van der Waals surface area contributed by atoms with Crippen molar-refractivity contribution in [1.29, 1.82) is 0 Å². The van der Waals surface area contributed by atoms with E-state index in [1.807, 2.05) is 23.6 Å². The van der Waals surface area contributed by atoms with Crippen LogP contribution in [0.25, 0.3) is 22.3 Å². The number of phenolic OH excluding ortho intramolecular Hbond substituents is 1. The minimum absolute atomic E-state index is 0.121. The van der Waals surface area contributed by atoms with E-state index in [1.165, 1.54) is 12.1 Å². The Balaban J connectivity index is 1.38. The molecule has 4 aromatic rings. The molecule has 0 saturated heterocycles. The normalized spacial score (nSPS) is 14.4. The van der Waals surface area contributed by atoms with Crippen LogP contribution in [-0.4, -0.2) is 37.8 Å². The van der Waals surface area contributed by atoms with E-state index in [-0.39, 0.29) is 17.1 Å². The van der Waals surface area contributed by atoms with Gasteiger partial charge in [-0.1, -0.05) is 18.2 Å². The predicted molar refractivity (Wildman–Crippen MR) is 121 cm³/mol. The topological polar surface area (TPSA) is 85.1 Å². The Morgan fingerprint density at radius 3 is 2.81 bits per heavy atom. The second kappa shape index (κ2) is 7.47. The Morgan fingerprint density at radius 2 is 2.00 bits per heavy atom. The molecule has 2 aromatic heterocycles. The first kappa shape index (κ1) is 20.2. The second-order valence-electron chi connectivity index (χ2n) is 8.66. The molecule has 0 atom stereocenters. The first-order valence-corrected chi connectivity index (χ1v) is 10.5. The van der Waals surface area contributed by atoms with Gasteiger partial charge in [-0.25, -0.2) is 14.4 Å². The number of ether oxygens (including phenoxy) is 1. The Labute approximate surface area is 184 Å². The molecule has 0 spiro atoms. The fraction of sp³-hybridized carbons (Fsp3) is 0.292. The predicted octanol–water partition coefficient (Wildman–Crippen LogP) is 4.43. The van der Waals surface area contributed by atoms with Gasteiger partial charge >= 0.3 is 0 Å². The summed E-state index contributed by atoms with van der Waals surface area (Å²) >= 11 is 0. The number of nitrogens with one attached hydrogen (secondary N) is 1. The Morgan fingerprint density at radius 1 is 1.16 bits per heavy atom. The zero-order valence-electron chi connectivity index (χ0n) is 18.2. The SMILES string of the molecule is Cc1nc(NCCc2ccc(O)c(-c3cccc(F)c3)c2)c2nc3n(c2n1)C(C)(C)CO3. The number of halogens is 1. The van der Waals surface area contributed by atoms with E-state index < -0.39 is 0 Å². The maximum atomic E-state index is 13.6. The van der Waals surface area contributed by atoms with Crippen LogP contribution < -0.4 is 10.1 Å². The lowest BCUT2D eigenvalue weighted by Gasteiger charge is -2.18. The molecule has 0 unspecified atom stereocenters. The number of hydrogen-bond acceptors (Lipinski definition) is 6. The van der Waals surface area contributed by atoms with Gasteiger partial charge in [-0.05, 0) is 62.6 Å². The van der Waals surface area contributed by atoms with Gasteiger partial charge in [-0.3, -0.25) is 4.57 Å². The number of hydrogen-bond donors (Lipinski definition) is 2. The van der Waals surface area contributed by atoms with Gasteiger partial charge in [0.2, 0.25) is 0 Å². The molecule has 164 valence electrons. The highest BCUT2D eigenvalue weighted by Gasteiger charge is 2.35. The van der Waals surface area contributed by atoms with Crippen LogP contribution in [0.1, 0.15) is 25.2 Å². The van der Waals surface area contributed by atoms with Gasteiger partial charge in [0.1, 0.15) is 24.0 Å². The van der Waals surface area contributed by atoms with Crippen molar-refractivity contribution in [2.45, 2.75) is 32.7 Å². The van der Waals surface area contributed by atoms with E-state index in [4.69, 9.17) is 4.74 Å².